The van der Waals surface area contributed by atoms with Crippen LogP contribution in [0.15, 0.2) is 18.2 Å². The second kappa shape index (κ2) is 6.94. The Kier molecular flexibility index (Phi) is 5.23. The van der Waals surface area contributed by atoms with Crippen molar-refractivity contribution in [3.8, 4) is 5.75 Å². The number of carbonyl (C=O) groups excluding carboxylic acids is 1. The summed E-state index contributed by atoms with van der Waals surface area (Å²) in [5, 5.41) is 0. The second-order valence-corrected chi connectivity index (χ2v) is 6.06. The van der Waals surface area contributed by atoms with Crippen LogP contribution in [0.5, 0.6) is 5.75 Å². The zero-order chi connectivity index (χ0) is 15.4. The molecule has 116 valence electrons. The lowest BCUT2D eigenvalue weighted by molar-refractivity contribution is -0.136. The molecule has 2 unspecified atom stereocenters. The molecule has 1 saturated carbocycles. The number of benzene rings is 1. The lowest BCUT2D eigenvalue weighted by atomic mass is 9.84. The molecular weight excluding hydrogens is 264 g/mol. The minimum absolute atomic E-state index is 0.00750. The van der Waals surface area contributed by atoms with E-state index >= 15 is 0 Å². The fraction of sp³-hybridized carbons (Fsp3) is 0.588. The summed E-state index contributed by atoms with van der Waals surface area (Å²) in [5.41, 5.74) is 8.33. The van der Waals surface area contributed by atoms with Crippen molar-refractivity contribution >= 4 is 5.91 Å². The number of carbonyl (C=O) groups is 1. The molecule has 1 aliphatic carbocycles. The molecule has 1 amide bonds. The predicted octanol–water partition coefficient (Wildman–Crippen LogP) is 2.48. The van der Waals surface area contributed by atoms with Crippen molar-refractivity contribution in [1.82, 2.24) is 4.90 Å². The van der Waals surface area contributed by atoms with Gasteiger partial charge in [-0.05, 0) is 25.8 Å². The van der Waals surface area contributed by atoms with Crippen LogP contribution in [0.1, 0.15) is 36.8 Å². The normalized spacial score (nSPS) is 21.9. The molecule has 21 heavy (non-hydrogen) atoms. The van der Waals surface area contributed by atoms with E-state index < -0.39 is 0 Å². The van der Waals surface area contributed by atoms with Crippen LogP contribution in [0.3, 0.4) is 0 Å². The Morgan fingerprint density at radius 3 is 2.76 bits per heavy atom. The predicted molar refractivity (Wildman–Crippen MR) is 84.1 cm³/mol. The number of ether oxygens (including phenoxy) is 1. The molecule has 1 aromatic carbocycles. The summed E-state index contributed by atoms with van der Waals surface area (Å²) in [6, 6.07) is 6.05. The first-order valence-electron chi connectivity index (χ1n) is 7.67. The highest BCUT2D eigenvalue weighted by Gasteiger charge is 2.30. The van der Waals surface area contributed by atoms with Crippen molar-refractivity contribution in [2.45, 2.75) is 45.2 Å². The average Bonchev–Trinajstić information content (AvgIpc) is 2.47. The standard InChI is InChI=1S/C17H26N2O2/c1-12-8-9-16(21-3)13(10-12)11-19(2)17(20)14-6-4-5-7-15(14)18/h8-10,14-15H,4-7,11,18H2,1-3H3. The van der Waals surface area contributed by atoms with E-state index in [1.807, 2.05) is 26.1 Å². The quantitative estimate of drug-likeness (QED) is 0.927. The number of amides is 1. The summed E-state index contributed by atoms with van der Waals surface area (Å²) in [6.07, 6.45) is 4.11. The molecule has 0 bridgehead atoms. The van der Waals surface area contributed by atoms with E-state index in [0.29, 0.717) is 6.54 Å². The lowest BCUT2D eigenvalue weighted by Gasteiger charge is -2.31. The van der Waals surface area contributed by atoms with Crippen molar-refractivity contribution in [2.24, 2.45) is 11.7 Å². The van der Waals surface area contributed by atoms with Gasteiger partial charge in [0.2, 0.25) is 5.91 Å². The Bertz CT molecular complexity index is 502. The summed E-state index contributed by atoms with van der Waals surface area (Å²) in [4.78, 5) is 14.4. The molecule has 4 nitrogen and oxygen atoms in total. The molecule has 0 radical (unpaired) electrons. The van der Waals surface area contributed by atoms with Crippen LogP contribution >= 0.6 is 0 Å². The lowest BCUT2D eigenvalue weighted by Crippen LogP contribution is -2.44. The van der Waals surface area contributed by atoms with Crippen LogP contribution in [-0.4, -0.2) is 31.0 Å². The zero-order valence-corrected chi connectivity index (χ0v) is 13.3. The van der Waals surface area contributed by atoms with Gasteiger partial charge in [-0.25, -0.2) is 0 Å². The maximum Gasteiger partial charge on any atom is 0.227 e. The van der Waals surface area contributed by atoms with E-state index in [9.17, 15) is 4.79 Å². The van der Waals surface area contributed by atoms with E-state index in [-0.39, 0.29) is 17.9 Å². The van der Waals surface area contributed by atoms with Gasteiger partial charge in [0.25, 0.3) is 0 Å². The fourth-order valence-corrected chi connectivity index (χ4v) is 3.11. The van der Waals surface area contributed by atoms with E-state index in [1.165, 1.54) is 5.56 Å². The SMILES string of the molecule is COc1ccc(C)cc1CN(C)C(=O)C1CCCCC1N. The minimum atomic E-state index is -0.0282. The van der Waals surface area contributed by atoms with Crippen molar-refractivity contribution < 1.29 is 9.53 Å². The van der Waals surface area contributed by atoms with Gasteiger partial charge in [0.1, 0.15) is 5.75 Å². The third-order valence-electron chi connectivity index (χ3n) is 4.36. The fourth-order valence-electron chi connectivity index (χ4n) is 3.11. The van der Waals surface area contributed by atoms with Crippen LogP contribution in [-0.2, 0) is 11.3 Å². The van der Waals surface area contributed by atoms with E-state index in [2.05, 4.69) is 6.07 Å². The van der Waals surface area contributed by atoms with Gasteiger partial charge < -0.3 is 15.4 Å². The van der Waals surface area contributed by atoms with Crippen molar-refractivity contribution in [3.63, 3.8) is 0 Å². The molecule has 2 rings (SSSR count). The minimum Gasteiger partial charge on any atom is -0.496 e. The summed E-state index contributed by atoms with van der Waals surface area (Å²) in [6.45, 7) is 2.61. The third kappa shape index (κ3) is 3.76. The number of aryl methyl sites for hydroxylation is 1. The molecule has 4 heteroatoms. The Morgan fingerprint density at radius 1 is 1.38 bits per heavy atom. The molecule has 0 heterocycles. The van der Waals surface area contributed by atoms with Gasteiger partial charge in [-0.1, -0.05) is 30.5 Å². The van der Waals surface area contributed by atoms with Crippen LogP contribution in [0.25, 0.3) is 0 Å². The maximum atomic E-state index is 12.6. The monoisotopic (exact) mass is 290 g/mol. The summed E-state index contributed by atoms with van der Waals surface area (Å²) in [7, 11) is 3.51. The van der Waals surface area contributed by atoms with Gasteiger partial charge in [0, 0.05) is 25.2 Å². The summed E-state index contributed by atoms with van der Waals surface area (Å²) >= 11 is 0. The molecule has 0 spiro atoms. The van der Waals surface area contributed by atoms with Gasteiger partial charge in [0.15, 0.2) is 0 Å². The van der Waals surface area contributed by atoms with Crippen LogP contribution < -0.4 is 10.5 Å². The van der Waals surface area contributed by atoms with Crippen molar-refractivity contribution in [1.29, 1.82) is 0 Å². The number of methoxy groups -OCH3 is 1. The second-order valence-electron chi connectivity index (χ2n) is 6.06. The number of rotatable bonds is 4. The van der Waals surface area contributed by atoms with E-state index in [0.717, 1.165) is 37.0 Å². The summed E-state index contributed by atoms with van der Waals surface area (Å²) in [5.74, 6) is 0.957. The van der Waals surface area contributed by atoms with Crippen LogP contribution in [0.2, 0.25) is 0 Å². The highest BCUT2D eigenvalue weighted by atomic mass is 16.5. The Morgan fingerprint density at radius 2 is 2.10 bits per heavy atom. The molecule has 2 N–H and O–H groups in total. The highest BCUT2D eigenvalue weighted by molar-refractivity contribution is 5.79. The maximum absolute atomic E-state index is 12.6. The molecule has 1 fully saturated rings. The Hall–Kier alpha value is -1.55. The third-order valence-corrected chi connectivity index (χ3v) is 4.36. The topological polar surface area (TPSA) is 55.6 Å². The molecule has 0 saturated heterocycles. The number of hydrogen-bond acceptors (Lipinski definition) is 3. The zero-order valence-electron chi connectivity index (χ0n) is 13.3. The Balaban J connectivity index is 2.08. The first-order valence-corrected chi connectivity index (χ1v) is 7.67. The number of nitrogens with zero attached hydrogens (tertiary/aromatic N) is 1. The molecule has 1 aliphatic rings. The smallest absolute Gasteiger partial charge is 0.227 e. The molecule has 0 aliphatic heterocycles. The van der Waals surface area contributed by atoms with E-state index in [4.69, 9.17) is 10.5 Å². The number of hydrogen-bond donors (Lipinski definition) is 1. The number of nitrogens with two attached hydrogens (primary N) is 1. The van der Waals surface area contributed by atoms with Gasteiger partial charge >= 0.3 is 0 Å². The summed E-state index contributed by atoms with van der Waals surface area (Å²) < 4.78 is 5.38. The van der Waals surface area contributed by atoms with Crippen molar-refractivity contribution in [3.05, 3.63) is 29.3 Å². The molecule has 2 atom stereocenters. The van der Waals surface area contributed by atoms with Crippen LogP contribution in [0, 0.1) is 12.8 Å². The molecular formula is C17H26N2O2. The Labute approximate surface area is 127 Å². The first-order chi connectivity index (χ1) is 10.0. The van der Waals surface area contributed by atoms with E-state index in [1.54, 1.807) is 12.0 Å². The highest BCUT2D eigenvalue weighted by Crippen LogP contribution is 2.26. The van der Waals surface area contributed by atoms with Gasteiger partial charge in [0.05, 0.1) is 13.0 Å². The van der Waals surface area contributed by atoms with Gasteiger partial charge in [-0.15, -0.1) is 0 Å². The van der Waals surface area contributed by atoms with Crippen molar-refractivity contribution in [2.75, 3.05) is 14.2 Å². The molecule has 1 aromatic rings. The van der Waals surface area contributed by atoms with Gasteiger partial charge in [-0.3, -0.25) is 4.79 Å². The average molecular weight is 290 g/mol. The first kappa shape index (κ1) is 15.8. The molecule has 0 aromatic heterocycles. The largest absolute Gasteiger partial charge is 0.496 e. The van der Waals surface area contributed by atoms with Crippen LogP contribution in [0.4, 0.5) is 0 Å². The van der Waals surface area contributed by atoms with Gasteiger partial charge in [-0.2, -0.15) is 0 Å².